The number of guanidine groups is 1. The molecule has 1 aromatic carbocycles. The van der Waals surface area contributed by atoms with Crippen LogP contribution in [0.5, 0.6) is 5.75 Å². The van der Waals surface area contributed by atoms with Crippen molar-refractivity contribution in [1.82, 2.24) is 15.5 Å². The van der Waals surface area contributed by atoms with Crippen LogP contribution < -0.4 is 15.4 Å². The summed E-state index contributed by atoms with van der Waals surface area (Å²) in [5.41, 5.74) is 1.29. The number of benzene rings is 1. The molecule has 0 aromatic heterocycles. The zero-order chi connectivity index (χ0) is 15.8. The van der Waals surface area contributed by atoms with Crippen molar-refractivity contribution < 1.29 is 4.74 Å². The van der Waals surface area contributed by atoms with Gasteiger partial charge in [-0.1, -0.05) is 12.1 Å². The van der Waals surface area contributed by atoms with Crippen LogP contribution in [-0.2, 0) is 6.42 Å². The molecular formula is C17H29IN4O. The van der Waals surface area contributed by atoms with Crippen LogP contribution in [0.2, 0.25) is 0 Å². The van der Waals surface area contributed by atoms with E-state index in [1.807, 2.05) is 19.2 Å². The van der Waals surface area contributed by atoms with Crippen LogP contribution in [0.4, 0.5) is 0 Å². The molecule has 1 heterocycles. The lowest BCUT2D eigenvalue weighted by Crippen LogP contribution is -2.44. The van der Waals surface area contributed by atoms with Gasteiger partial charge >= 0.3 is 0 Å². The number of likely N-dealkylation sites (tertiary alicyclic amines) is 1. The summed E-state index contributed by atoms with van der Waals surface area (Å²) in [7, 11) is 5.70. The Hall–Kier alpha value is -1.02. The van der Waals surface area contributed by atoms with E-state index in [1.54, 1.807) is 7.11 Å². The summed E-state index contributed by atoms with van der Waals surface area (Å²) < 4.78 is 5.17. The molecule has 0 radical (unpaired) electrons. The van der Waals surface area contributed by atoms with Crippen molar-refractivity contribution in [3.8, 4) is 5.75 Å². The minimum Gasteiger partial charge on any atom is -0.497 e. The Morgan fingerprint density at radius 2 is 2.04 bits per heavy atom. The molecule has 0 saturated carbocycles. The maximum absolute atomic E-state index is 5.17. The van der Waals surface area contributed by atoms with Gasteiger partial charge in [0.2, 0.25) is 0 Å². The van der Waals surface area contributed by atoms with Crippen LogP contribution in [-0.4, -0.2) is 57.7 Å². The van der Waals surface area contributed by atoms with Crippen LogP contribution in [0.1, 0.15) is 18.4 Å². The van der Waals surface area contributed by atoms with E-state index in [0.717, 1.165) is 31.2 Å². The Morgan fingerprint density at radius 3 is 2.61 bits per heavy atom. The number of methoxy groups -OCH3 is 1. The third kappa shape index (κ3) is 6.55. The highest BCUT2D eigenvalue weighted by atomic mass is 127. The van der Waals surface area contributed by atoms with E-state index in [0.29, 0.717) is 6.04 Å². The number of hydrogen-bond donors (Lipinski definition) is 2. The first-order chi connectivity index (χ1) is 10.7. The second kappa shape index (κ2) is 10.7. The normalized spacial score (nSPS) is 18.4. The molecule has 2 N–H and O–H groups in total. The van der Waals surface area contributed by atoms with Gasteiger partial charge in [0.25, 0.3) is 0 Å². The summed E-state index contributed by atoms with van der Waals surface area (Å²) in [6.07, 6.45) is 3.53. The van der Waals surface area contributed by atoms with Crippen molar-refractivity contribution in [3.05, 3.63) is 29.8 Å². The molecule has 0 amide bonds. The van der Waals surface area contributed by atoms with Crippen molar-refractivity contribution in [2.45, 2.75) is 25.3 Å². The average Bonchev–Trinajstić information content (AvgIpc) is 2.96. The highest BCUT2D eigenvalue weighted by molar-refractivity contribution is 14.0. The molecule has 1 aliphatic heterocycles. The first-order valence-corrected chi connectivity index (χ1v) is 8.00. The van der Waals surface area contributed by atoms with Gasteiger partial charge in [-0.05, 0) is 50.6 Å². The predicted octanol–water partition coefficient (Wildman–Crippen LogP) is 2.11. The molecule has 1 aliphatic rings. The Balaban J connectivity index is 0.00000264. The van der Waals surface area contributed by atoms with E-state index in [2.05, 4.69) is 39.7 Å². The predicted molar refractivity (Wildman–Crippen MR) is 107 cm³/mol. The van der Waals surface area contributed by atoms with Gasteiger partial charge in [-0.25, -0.2) is 0 Å². The molecule has 6 heteroatoms. The second-order valence-electron chi connectivity index (χ2n) is 5.75. The zero-order valence-electron chi connectivity index (χ0n) is 14.3. The van der Waals surface area contributed by atoms with Crippen LogP contribution in [0, 0.1) is 0 Å². The molecule has 0 bridgehead atoms. The van der Waals surface area contributed by atoms with Crippen LogP contribution in [0.3, 0.4) is 0 Å². The molecule has 1 unspecified atom stereocenters. The first kappa shape index (κ1) is 20.0. The maximum Gasteiger partial charge on any atom is 0.191 e. The third-order valence-corrected chi connectivity index (χ3v) is 4.27. The number of halogens is 1. The highest BCUT2D eigenvalue weighted by Crippen LogP contribution is 2.13. The lowest BCUT2D eigenvalue weighted by molar-refractivity contribution is 0.309. The molecule has 1 saturated heterocycles. The number of likely N-dealkylation sites (N-methyl/N-ethyl adjacent to an activating group) is 1. The summed E-state index contributed by atoms with van der Waals surface area (Å²) in [5.74, 6) is 1.78. The van der Waals surface area contributed by atoms with Gasteiger partial charge in [-0.15, -0.1) is 24.0 Å². The Bertz CT molecular complexity index is 478. The number of rotatable bonds is 6. The Kier molecular flexibility index (Phi) is 9.31. The number of aliphatic imine (C=N–C) groups is 1. The minimum absolute atomic E-state index is 0. The van der Waals surface area contributed by atoms with Crippen molar-refractivity contribution in [2.75, 3.05) is 40.8 Å². The van der Waals surface area contributed by atoms with E-state index in [9.17, 15) is 0 Å². The number of nitrogens with one attached hydrogen (secondary N) is 2. The van der Waals surface area contributed by atoms with Gasteiger partial charge < -0.3 is 20.3 Å². The lowest BCUT2D eigenvalue weighted by atomic mass is 10.1. The smallest absolute Gasteiger partial charge is 0.191 e. The fraction of sp³-hybridized carbons (Fsp3) is 0.588. The van der Waals surface area contributed by atoms with Crippen molar-refractivity contribution in [1.29, 1.82) is 0 Å². The summed E-state index contributed by atoms with van der Waals surface area (Å²) in [4.78, 5) is 6.70. The Morgan fingerprint density at radius 1 is 1.30 bits per heavy atom. The van der Waals surface area contributed by atoms with Gasteiger partial charge in [-0.2, -0.15) is 0 Å². The number of hydrogen-bond acceptors (Lipinski definition) is 3. The molecule has 1 fully saturated rings. The molecular weight excluding hydrogens is 403 g/mol. The standard InChI is InChI=1S/C17H28N4O.HI/c1-18-17(20-13-15-5-4-12-21(15)2)19-11-10-14-6-8-16(22-3)9-7-14;/h6-9,15H,4-5,10-13H2,1-3H3,(H2,18,19,20);1H. The molecule has 0 spiro atoms. The van der Waals surface area contributed by atoms with E-state index in [-0.39, 0.29) is 24.0 Å². The number of nitrogens with zero attached hydrogens (tertiary/aromatic N) is 2. The second-order valence-corrected chi connectivity index (χ2v) is 5.75. The van der Waals surface area contributed by atoms with Gasteiger partial charge in [0.15, 0.2) is 5.96 Å². The molecule has 23 heavy (non-hydrogen) atoms. The molecule has 1 atom stereocenters. The minimum atomic E-state index is 0. The monoisotopic (exact) mass is 432 g/mol. The zero-order valence-corrected chi connectivity index (χ0v) is 16.7. The summed E-state index contributed by atoms with van der Waals surface area (Å²) in [5, 5.41) is 6.80. The average molecular weight is 432 g/mol. The van der Waals surface area contributed by atoms with E-state index >= 15 is 0 Å². The van der Waals surface area contributed by atoms with Crippen LogP contribution in [0.15, 0.2) is 29.3 Å². The number of ether oxygens (including phenoxy) is 1. The summed E-state index contributed by atoms with van der Waals surface area (Å²) in [6, 6.07) is 8.82. The third-order valence-electron chi connectivity index (χ3n) is 4.27. The molecule has 0 aliphatic carbocycles. The van der Waals surface area contributed by atoms with Crippen molar-refractivity contribution >= 4 is 29.9 Å². The largest absolute Gasteiger partial charge is 0.497 e. The van der Waals surface area contributed by atoms with E-state index < -0.39 is 0 Å². The van der Waals surface area contributed by atoms with Gasteiger partial charge in [0, 0.05) is 26.2 Å². The SMILES string of the molecule is CN=C(NCCc1ccc(OC)cc1)NCC1CCCN1C.I. The summed E-state index contributed by atoms with van der Waals surface area (Å²) >= 11 is 0. The van der Waals surface area contributed by atoms with Crippen molar-refractivity contribution in [3.63, 3.8) is 0 Å². The van der Waals surface area contributed by atoms with Gasteiger partial charge in [0.1, 0.15) is 5.75 Å². The summed E-state index contributed by atoms with van der Waals surface area (Å²) in [6.45, 7) is 3.03. The highest BCUT2D eigenvalue weighted by Gasteiger charge is 2.20. The fourth-order valence-corrected chi connectivity index (χ4v) is 2.79. The Labute approximate surface area is 156 Å². The topological polar surface area (TPSA) is 48.9 Å². The molecule has 1 aromatic rings. The molecule has 130 valence electrons. The van der Waals surface area contributed by atoms with E-state index in [4.69, 9.17) is 4.74 Å². The van der Waals surface area contributed by atoms with Gasteiger partial charge in [0.05, 0.1) is 7.11 Å². The quantitative estimate of drug-likeness (QED) is 0.411. The van der Waals surface area contributed by atoms with Crippen molar-refractivity contribution in [2.24, 2.45) is 4.99 Å². The fourth-order valence-electron chi connectivity index (χ4n) is 2.79. The van der Waals surface area contributed by atoms with Crippen LogP contribution >= 0.6 is 24.0 Å². The van der Waals surface area contributed by atoms with E-state index in [1.165, 1.54) is 24.9 Å². The first-order valence-electron chi connectivity index (χ1n) is 8.00. The maximum atomic E-state index is 5.17. The molecule has 2 rings (SSSR count). The molecule has 5 nitrogen and oxygen atoms in total. The lowest BCUT2D eigenvalue weighted by Gasteiger charge is -2.21. The van der Waals surface area contributed by atoms with Crippen LogP contribution in [0.25, 0.3) is 0 Å². The van der Waals surface area contributed by atoms with Gasteiger partial charge in [-0.3, -0.25) is 4.99 Å².